The summed E-state index contributed by atoms with van der Waals surface area (Å²) in [7, 11) is 1.93. The minimum absolute atomic E-state index is 0.172. The second kappa shape index (κ2) is 7.05. The molecule has 0 aliphatic heterocycles. The van der Waals surface area contributed by atoms with Crippen LogP contribution in [0.1, 0.15) is 29.2 Å². The van der Waals surface area contributed by atoms with Crippen LogP contribution in [0.3, 0.4) is 0 Å². The van der Waals surface area contributed by atoms with E-state index in [9.17, 15) is 4.39 Å². The predicted molar refractivity (Wildman–Crippen MR) is 89.5 cm³/mol. The smallest absolute Gasteiger partial charge is 0.146 e. The maximum atomic E-state index is 13.8. The Hall–Kier alpha value is -1.39. The Morgan fingerprint density at radius 3 is 2.67 bits per heavy atom. The van der Waals surface area contributed by atoms with Gasteiger partial charge in [0.15, 0.2) is 0 Å². The molecule has 0 saturated carbocycles. The Morgan fingerprint density at radius 1 is 1.29 bits per heavy atom. The standard InChI is InChI=1S/C17H23FN2S/c1-12(2)19-10-15-9-14(13(3)21-15)11-20(4)17-8-6-5-7-16(17)18/h5-9,12,19H,10-11H2,1-4H3. The van der Waals surface area contributed by atoms with Crippen LogP contribution in [-0.4, -0.2) is 13.1 Å². The van der Waals surface area contributed by atoms with Gasteiger partial charge in [-0.05, 0) is 30.7 Å². The lowest BCUT2D eigenvalue weighted by Crippen LogP contribution is -2.21. The molecule has 0 aliphatic carbocycles. The van der Waals surface area contributed by atoms with Gasteiger partial charge in [0.2, 0.25) is 0 Å². The second-order valence-electron chi connectivity index (χ2n) is 5.64. The van der Waals surface area contributed by atoms with Crippen LogP contribution in [0.15, 0.2) is 30.3 Å². The second-order valence-corrected chi connectivity index (χ2v) is 6.98. The monoisotopic (exact) mass is 306 g/mol. The fraction of sp³-hybridized carbons (Fsp3) is 0.412. The van der Waals surface area contributed by atoms with Crippen LogP contribution in [0.2, 0.25) is 0 Å². The molecule has 0 aliphatic rings. The van der Waals surface area contributed by atoms with Gasteiger partial charge in [0, 0.05) is 35.9 Å². The van der Waals surface area contributed by atoms with Gasteiger partial charge in [0.05, 0.1) is 5.69 Å². The van der Waals surface area contributed by atoms with Gasteiger partial charge in [0.1, 0.15) is 5.82 Å². The van der Waals surface area contributed by atoms with Crippen molar-refractivity contribution in [3.05, 3.63) is 51.5 Å². The van der Waals surface area contributed by atoms with Crippen molar-refractivity contribution < 1.29 is 4.39 Å². The highest BCUT2D eigenvalue weighted by molar-refractivity contribution is 7.12. The van der Waals surface area contributed by atoms with Crippen LogP contribution in [0.25, 0.3) is 0 Å². The van der Waals surface area contributed by atoms with Crippen molar-refractivity contribution in [3.63, 3.8) is 0 Å². The molecule has 21 heavy (non-hydrogen) atoms. The van der Waals surface area contributed by atoms with Crippen molar-refractivity contribution in [1.82, 2.24) is 5.32 Å². The molecule has 2 nitrogen and oxygen atoms in total. The van der Waals surface area contributed by atoms with Gasteiger partial charge in [0.25, 0.3) is 0 Å². The number of para-hydroxylation sites is 1. The Kier molecular flexibility index (Phi) is 5.37. The molecule has 0 atom stereocenters. The zero-order valence-electron chi connectivity index (χ0n) is 13.1. The Labute approximate surface area is 130 Å². The lowest BCUT2D eigenvalue weighted by atomic mass is 10.2. The summed E-state index contributed by atoms with van der Waals surface area (Å²) >= 11 is 1.81. The van der Waals surface area contributed by atoms with Crippen molar-refractivity contribution in [1.29, 1.82) is 0 Å². The number of hydrogen-bond donors (Lipinski definition) is 1. The number of aryl methyl sites for hydroxylation is 1. The third-order valence-corrected chi connectivity index (χ3v) is 4.52. The van der Waals surface area contributed by atoms with Gasteiger partial charge >= 0.3 is 0 Å². The zero-order chi connectivity index (χ0) is 15.4. The van der Waals surface area contributed by atoms with E-state index in [-0.39, 0.29) is 5.82 Å². The quantitative estimate of drug-likeness (QED) is 0.854. The predicted octanol–water partition coefficient (Wildman–Crippen LogP) is 4.33. The van der Waals surface area contributed by atoms with Crippen LogP contribution in [0, 0.1) is 12.7 Å². The molecule has 2 aromatic rings. The summed E-state index contributed by atoms with van der Waals surface area (Å²) < 4.78 is 13.8. The maximum Gasteiger partial charge on any atom is 0.146 e. The van der Waals surface area contributed by atoms with E-state index in [2.05, 4.69) is 32.2 Å². The first-order valence-electron chi connectivity index (χ1n) is 7.24. The molecule has 4 heteroatoms. The van der Waals surface area contributed by atoms with Gasteiger partial charge in [-0.1, -0.05) is 26.0 Å². The largest absolute Gasteiger partial charge is 0.368 e. The minimum atomic E-state index is -0.172. The summed E-state index contributed by atoms with van der Waals surface area (Å²) in [5.41, 5.74) is 1.91. The van der Waals surface area contributed by atoms with E-state index in [1.165, 1.54) is 21.4 Å². The molecular formula is C17H23FN2S. The number of nitrogens with zero attached hydrogens (tertiary/aromatic N) is 1. The molecular weight excluding hydrogens is 283 g/mol. The Balaban J connectivity index is 2.07. The van der Waals surface area contributed by atoms with E-state index in [0.29, 0.717) is 11.7 Å². The van der Waals surface area contributed by atoms with Gasteiger partial charge in [-0.15, -0.1) is 11.3 Å². The van der Waals surface area contributed by atoms with E-state index in [1.54, 1.807) is 6.07 Å². The van der Waals surface area contributed by atoms with Gasteiger partial charge in [-0.25, -0.2) is 4.39 Å². The van der Waals surface area contributed by atoms with Crippen LogP contribution in [0.5, 0.6) is 0 Å². The highest BCUT2D eigenvalue weighted by Gasteiger charge is 2.11. The molecule has 0 saturated heterocycles. The molecule has 1 aromatic carbocycles. The summed E-state index contributed by atoms with van der Waals surface area (Å²) in [5.74, 6) is -0.172. The molecule has 2 rings (SSSR count). The van der Waals surface area contributed by atoms with Crippen LogP contribution >= 0.6 is 11.3 Å². The van der Waals surface area contributed by atoms with Crippen molar-refractivity contribution >= 4 is 17.0 Å². The van der Waals surface area contributed by atoms with Crippen molar-refractivity contribution in [3.8, 4) is 0 Å². The summed E-state index contributed by atoms with van der Waals surface area (Å²) in [4.78, 5) is 4.60. The average molecular weight is 306 g/mol. The zero-order valence-corrected chi connectivity index (χ0v) is 13.9. The number of nitrogens with one attached hydrogen (secondary N) is 1. The number of halogens is 1. The topological polar surface area (TPSA) is 15.3 Å². The lowest BCUT2D eigenvalue weighted by molar-refractivity contribution is 0.593. The van der Waals surface area contributed by atoms with Crippen LogP contribution in [-0.2, 0) is 13.1 Å². The highest BCUT2D eigenvalue weighted by Crippen LogP contribution is 2.25. The number of anilines is 1. The first-order chi connectivity index (χ1) is 9.97. The summed E-state index contributed by atoms with van der Waals surface area (Å²) in [5, 5.41) is 3.43. The number of benzene rings is 1. The van der Waals surface area contributed by atoms with Gasteiger partial charge in [-0.3, -0.25) is 0 Å². The third-order valence-electron chi connectivity index (χ3n) is 3.43. The molecule has 0 spiro atoms. The fourth-order valence-corrected chi connectivity index (χ4v) is 3.24. The molecule has 0 radical (unpaired) electrons. The van der Waals surface area contributed by atoms with E-state index in [0.717, 1.165) is 13.1 Å². The van der Waals surface area contributed by atoms with Crippen molar-refractivity contribution in [2.45, 2.75) is 39.9 Å². The summed E-state index contributed by atoms with van der Waals surface area (Å²) in [6, 6.07) is 9.62. The summed E-state index contributed by atoms with van der Waals surface area (Å²) in [6.45, 7) is 8.05. The normalized spacial score (nSPS) is 11.1. The van der Waals surface area contributed by atoms with Gasteiger partial charge < -0.3 is 10.2 Å². The van der Waals surface area contributed by atoms with Crippen LogP contribution < -0.4 is 10.2 Å². The molecule has 114 valence electrons. The third kappa shape index (κ3) is 4.29. The molecule has 0 fully saturated rings. The molecule has 0 bridgehead atoms. The maximum absolute atomic E-state index is 13.8. The Bertz CT molecular complexity index is 592. The fourth-order valence-electron chi connectivity index (χ4n) is 2.24. The van der Waals surface area contributed by atoms with Crippen molar-refractivity contribution in [2.24, 2.45) is 0 Å². The number of rotatable bonds is 6. The van der Waals surface area contributed by atoms with E-state index in [4.69, 9.17) is 0 Å². The molecule has 1 N–H and O–H groups in total. The van der Waals surface area contributed by atoms with Gasteiger partial charge in [-0.2, -0.15) is 0 Å². The Morgan fingerprint density at radius 2 is 2.00 bits per heavy atom. The number of thiophene rings is 1. The first kappa shape index (κ1) is 16.0. The molecule has 1 aromatic heterocycles. The van der Waals surface area contributed by atoms with Crippen LogP contribution in [0.4, 0.5) is 10.1 Å². The lowest BCUT2D eigenvalue weighted by Gasteiger charge is -2.19. The van der Waals surface area contributed by atoms with Crippen molar-refractivity contribution in [2.75, 3.05) is 11.9 Å². The van der Waals surface area contributed by atoms with E-state index < -0.39 is 0 Å². The molecule has 1 heterocycles. The SMILES string of the molecule is Cc1sc(CNC(C)C)cc1CN(C)c1ccccc1F. The number of hydrogen-bond acceptors (Lipinski definition) is 3. The van der Waals surface area contributed by atoms with E-state index in [1.807, 2.05) is 35.4 Å². The highest BCUT2D eigenvalue weighted by atomic mass is 32.1. The molecule has 0 amide bonds. The van der Waals surface area contributed by atoms with E-state index >= 15 is 0 Å². The molecule has 0 unspecified atom stereocenters. The average Bonchev–Trinajstić information content (AvgIpc) is 2.77. The minimum Gasteiger partial charge on any atom is -0.368 e. The summed E-state index contributed by atoms with van der Waals surface area (Å²) in [6.07, 6.45) is 0. The first-order valence-corrected chi connectivity index (χ1v) is 8.06.